The van der Waals surface area contributed by atoms with Gasteiger partial charge in [-0.25, -0.2) is 0 Å². The maximum absolute atomic E-state index is 12.1. The summed E-state index contributed by atoms with van der Waals surface area (Å²) in [5, 5.41) is 0. The van der Waals surface area contributed by atoms with Crippen LogP contribution >= 0.6 is 0 Å². The molecule has 0 radical (unpaired) electrons. The Morgan fingerprint density at radius 2 is 2.29 bits per heavy atom. The van der Waals surface area contributed by atoms with Crippen LogP contribution in [-0.2, 0) is 16.1 Å². The highest BCUT2D eigenvalue weighted by Crippen LogP contribution is 2.37. The fourth-order valence-corrected chi connectivity index (χ4v) is 4.59. The van der Waals surface area contributed by atoms with Gasteiger partial charge in [0.2, 0.25) is 5.91 Å². The number of carbonyl (C=O) groups excluding carboxylic acids is 1. The van der Waals surface area contributed by atoms with Crippen LogP contribution in [0.4, 0.5) is 0 Å². The molecule has 5 nitrogen and oxygen atoms in total. The van der Waals surface area contributed by atoms with E-state index in [2.05, 4.69) is 26.9 Å². The molecule has 2 atom stereocenters. The maximum Gasteiger partial charge on any atom is 0.222 e. The first kappa shape index (κ1) is 16.0. The highest BCUT2D eigenvalue weighted by Gasteiger charge is 2.45. The van der Waals surface area contributed by atoms with E-state index in [0.717, 1.165) is 76.3 Å². The number of aromatic nitrogens is 1. The minimum absolute atomic E-state index is 0.0599. The first-order valence-electron chi connectivity index (χ1n) is 9.22. The Labute approximate surface area is 144 Å². The van der Waals surface area contributed by atoms with Crippen LogP contribution in [0.1, 0.15) is 43.5 Å². The first-order chi connectivity index (χ1) is 11.6. The van der Waals surface area contributed by atoms with Gasteiger partial charge in [-0.2, -0.15) is 0 Å². The second kappa shape index (κ2) is 6.45. The Hall–Kier alpha value is -1.46. The summed E-state index contributed by atoms with van der Waals surface area (Å²) in [5.74, 6) is 0.343. The predicted molar refractivity (Wildman–Crippen MR) is 91.5 cm³/mol. The van der Waals surface area contributed by atoms with Crippen LogP contribution in [0.2, 0.25) is 0 Å². The topological polar surface area (TPSA) is 45.7 Å². The van der Waals surface area contributed by atoms with Gasteiger partial charge < -0.3 is 9.64 Å². The monoisotopic (exact) mass is 329 g/mol. The van der Waals surface area contributed by atoms with Crippen LogP contribution in [0.25, 0.3) is 0 Å². The fourth-order valence-electron chi connectivity index (χ4n) is 4.59. The zero-order valence-corrected chi connectivity index (χ0v) is 14.5. The van der Waals surface area contributed by atoms with E-state index in [-0.39, 0.29) is 5.60 Å². The molecule has 0 N–H and O–H groups in total. The number of likely N-dealkylation sites (tertiary alicyclic amines) is 2. The van der Waals surface area contributed by atoms with Gasteiger partial charge in [0.25, 0.3) is 0 Å². The molecule has 0 aliphatic carbocycles. The molecule has 0 bridgehead atoms. The average Bonchev–Trinajstić information content (AvgIpc) is 3.14. The number of hydrogen-bond acceptors (Lipinski definition) is 4. The third-order valence-corrected chi connectivity index (χ3v) is 5.74. The summed E-state index contributed by atoms with van der Waals surface area (Å²) in [5.41, 5.74) is 2.15. The van der Waals surface area contributed by atoms with E-state index in [1.54, 1.807) is 0 Å². The van der Waals surface area contributed by atoms with E-state index in [1.807, 2.05) is 13.0 Å². The number of nitrogens with zero attached hydrogens (tertiary/aromatic N) is 3. The summed E-state index contributed by atoms with van der Waals surface area (Å²) in [6, 6.07) is 6.60. The Morgan fingerprint density at radius 3 is 3.08 bits per heavy atom. The lowest BCUT2D eigenvalue weighted by molar-refractivity contribution is -0.137. The minimum Gasteiger partial charge on any atom is -0.373 e. The van der Waals surface area contributed by atoms with Crippen LogP contribution in [0.15, 0.2) is 18.2 Å². The van der Waals surface area contributed by atoms with Gasteiger partial charge >= 0.3 is 0 Å². The van der Waals surface area contributed by atoms with Gasteiger partial charge in [-0.3, -0.25) is 14.7 Å². The summed E-state index contributed by atoms with van der Waals surface area (Å²) in [4.78, 5) is 21.3. The average molecular weight is 329 g/mol. The number of pyridine rings is 1. The second-order valence-corrected chi connectivity index (χ2v) is 7.60. The molecule has 5 heteroatoms. The number of rotatable bonds is 3. The van der Waals surface area contributed by atoms with Gasteiger partial charge in [-0.15, -0.1) is 0 Å². The second-order valence-electron chi connectivity index (χ2n) is 7.60. The molecule has 3 fully saturated rings. The Morgan fingerprint density at radius 1 is 1.38 bits per heavy atom. The first-order valence-corrected chi connectivity index (χ1v) is 9.22. The minimum atomic E-state index is -0.0599. The molecular weight excluding hydrogens is 302 g/mol. The lowest BCUT2D eigenvalue weighted by Crippen LogP contribution is -2.50. The quantitative estimate of drug-likeness (QED) is 0.852. The van der Waals surface area contributed by atoms with Crippen molar-refractivity contribution in [3.8, 4) is 0 Å². The van der Waals surface area contributed by atoms with Crippen molar-refractivity contribution in [2.75, 3.05) is 26.2 Å². The molecule has 0 unspecified atom stereocenters. The van der Waals surface area contributed by atoms with E-state index < -0.39 is 0 Å². The number of carbonyl (C=O) groups is 1. The summed E-state index contributed by atoms with van der Waals surface area (Å²) < 4.78 is 6.24. The van der Waals surface area contributed by atoms with Crippen LogP contribution < -0.4 is 0 Å². The molecule has 1 aromatic rings. The van der Waals surface area contributed by atoms with E-state index in [9.17, 15) is 4.79 Å². The molecule has 0 saturated carbocycles. The van der Waals surface area contributed by atoms with Gasteiger partial charge in [0.1, 0.15) is 0 Å². The Kier molecular flexibility index (Phi) is 4.31. The molecule has 1 amide bonds. The van der Waals surface area contributed by atoms with Crippen LogP contribution in [0.3, 0.4) is 0 Å². The number of ether oxygens (including phenoxy) is 1. The largest absolute Gasteiger partial charge is 0.373 e. The lowest BCUT2D eigenvalue weighted by Gasteiger charge is -2.41. The molecule has 1 spiro atoms. The molecule has 0 aromatic carbocycles. The van der Waals surface area contributed by atoms with Crippen molar-refractivity contribution in [3.63, 3.8) is 0 Å². The van der Waals surface area contributed by atoms with Crippen molar-refractivity contribution < 1.29 is 9.53 Å². The maximum atomic E-state index is 12.1. The molecule has 4 heterocycles. The molecule has 3 aliphatic rings. The van der Waals surface area contributed by atoms with Crippen molar-refractivity contribution >= 4 is 5.91 Å². The fraction of sp³-hybridized carbons (Fsp3) is 0.684. The molecule has 24 heavy (non-hydrogen) atoms. The van der Waals surface area contributed by atoms with Gasteiger partial charge in [0, 0.05) is 50.9 Å². The van der Waals surface area contributed by atoms with Crippen molar-refractivity contribution in [1.82, 2.24) is 14.8 Å². The Balaban J connectivity index is 1.40. The highest BCUT2D eigenvalue weighted by molar-refractivity contribution is 5.78. The summed E-state index contributed by atoms with van der Waals surface area (Å²) in [6.07, 6.45) is 4.81. The normalized spacial score (nSPS) is 31.3. The number of hydrogen-bond donors (Lipinski definition) is 0. The van der Waals surface area contributed by atoms with Crippen molar-refractivity contribution in [2.24, 2.45) is 0 Å². The van der Waals surface area contributed by atoms with Crippen molar-refractivity contribution in [1.29, 1.82) is 0 Å². The third kappa shape index (κ3) is 3.20. The van der Waals surface area contributed by atoms with E-state index >= 15 is 0 Å². The van der Waals surface area contributed by atoms with E-state index in [0.29, 0.717) is 11.9 Å². The zero-order valence-electron chi connectivity index (χ0n) is 14.5. The molecule has 4 rings (SSSR count). The van der Waals surface area contributed by atoms with Gasteiger partial charge in [0.15, 0.2) is 0 Å². The number of aryl methyl sites for hydroxylation is 1. The van der Waals surface area contributed by atoms with Crippen molar-refractivity contribution in [2.45, 2.75) is 57.2 Å². The molecule has 130 valence electrons. The highest BCUT2D eigenvalue weighted by atomic mass is 16.5. The standard InChI is InChI=1S/C19H27N3O2/c1-15-4-2-5-16(20-15)13-21-10-8-19(14-21)12-17(7-11-24-19)22-9-3-6-18(22)23/h2,4-5,17H,3,6-14H2,1H3/t17-,19+/m0/s1. The van der Waals surface area contributed by atoms with Crippen LogP contribution in [-0.4, -0.2) is 58.6 Å². The number of amides is 1. The molecule has 3 saturated heterocycles. The van der Waals surface area contributed by atoms with Gasteiger partial charge in [0.05, 0.1) is 11.3 Å². The third-order valence-electron chi connectivity index (χ3n) is 5.74. The zero-order chi connectivity index (χ0) is 16.6. The van der Waals surface area contributed by atoms with Crippen molar-refractivity contribution in [3.05, 3.63) is 29.6 Å². The SMILES string of the molecule is Cc1cccc(CN2CC[C@@]3(C[C@@H](N4CCCC4=O)CCO3)C2)n1. The molecule has 3 aliphatic heterocycles. The van der Waals surface area contributed by atoms with Crippen LogP contribution in [0, 0.1) is 6.92 Å². The van der Waals surface area contributed by atoms with Gasteiger partial charge in [-0.05, 0) is 44.7 Å². The summed E-state index contributed by atoms with van der Waals surface area (Å²) in [6.45, 7) is 6.66. The van der Waals surface area contributed by atoms with Gasteiger partial charge in [-0.1, -0.05) is 6.07 Å². The van der Waals surface area contributed by atoms with E-state index in [4.69, 9.17) is 4.74 Å². The molecule has 1 aromatic heterocycles. The summed E-state index contributed by atoms with van der Waals surface area (Å²) in [7, 11) is 0. The predicted octanol–water partition coefficient (Wildman–Crippen LogP) is 2.14. The molecular formula is C19H27N3O2. The Bertz CT molecular complexity index is 620. The van der Waals surface area contributed by atoms with E-state index in [1.165, 1.54) is 0 Å². The summed E-state index contributed by atoms with van der Waals surface area (Å²) >= 11 is 0. The lowest BCUT2D eigenvalue weighted by atomic mass is 9.89. The smallest absolute Gasteiger partial charge is 0.222 e. The van der Waals surface area contributed by atoms with Crippen LogP contribution in [0.5, 0.6) is 0 Å².